The highest BCUT2D eigenvalue weighted by atomic mass is 16.2. The highest BCUT2D eigenvalue weighted by Crippen LogP contribution is 2.17. The third-order valence-corrected chi connectivity index (χ3v) is 4.51. The van der Waals surface area contributed by atoms with Gasteiger partial charge >= 0.3 is 0 Å². The van der Waals surface area contributed by atoms with Crippen molar-refractivity contribution in [3.05, 3.63) is 29.6 Å². The minimum atomic E-state index is -0.233. The number of carbonyl (C=O) groups is 2. The standard InChI is InChI=1S/C19H30N4O2/c1-23(2)13-7-11-21-19(25)17-14-15(10-12-20-17)18(24)22-16-8-5-3-4-6-9-16/h10,12,14,16H,3-9,11,13H2,1-2H3,(H,21,25)(H,22,24). The van der Waals surface area contributed by atoms with Crippen molar-refractivity contribution < 1.29 is 9.59 Å². The zero-order valence-corrected chi connectivity index (χ0v) is 15.4. The van der Waals surface area contributed by atoms with Gasteiger partial charge in [0.25, 0.3) is 11.8 Å². The van der Waals surface area contributed by atoms with Gasteiger partial charge in [-0.1, -0.05) is 25.7 Å². The molecule has 2 N–H and O–H groups in total. The van der Waals surface area contributed by atoms with Crippen molar-refractivity contribution in [3.8, 4) is 0 Å². The molecule has 2 rings (SSSR count). The molecule has 1 aromatic heterocycles. The Morgan fingerprint density at radius 2 is 1.88 bits per heavy atom. The topological polar surface area (TPSA) is 74.3 Å². The van der Waals surface area contributed by atoms with Crippen molar-refractivity contribution in [1.29, 1.82) is 0 Å². The second kappa shape index (κ2) is 10.1. The second-order valence-electron chi connectivity index (χ2n) is 7.00. The Morgan fingerprint density at radius 1 is 1.16 bits per heavy atom. The number of pyridine rings is 1. The van der Waals surface area contributed by atoms with Crippen LogP contribution in [0.2, 0.25) is 0 Å². The van der Waals surface area contributed by atoms with Crippen molar-refractivity contribution in [2.75, 3.05) is 27.2 Å². The van der Waals surface area contributed by atoms with E-state index in [4.69, 9.17) is 0 Å². The van der Waals surface area contributed by atoms with Crippen LogP contribution in [0.4, 0.5) is 0 Å². The van der Waals surface area contributed by atoms with E-state index in [0.717, 1.165) is 25.8 Å². The van der Waals surface area contributed by atoms with Gasteiger partial charge in [0.2, 0.25) is 0 Å². The predicted molar refractivity (Wildman–Crippen MR) is 98.7 cm³/mol. The van der Waals surface area contributed by atoms with E-state index >= 15 is 0 Å². The lowest BCUT2D eigenvalue weighted by molar-refractivity contribution is 0.0933. The second-order valence-corrected chi connectivity index (χ2v) is 7.00. The van der Waals surface area contributed by atoms with Crippen LogP contribution in [0.25, 0.3) is 0 Å². The average Bonchev–Trinajstić information content (AvgIpc) is 2.87. The number of aromatic nitrogens is 1. The van der Waals surface area contributed by atoms with Crippen LogP contribution in [0.1, 0.15) is 65.8 Å². The van der Waals surface area contributed by atoms with Crippen LogP contribution >= 0.6 is 0 Å². The number of amides is 2. The summed E-state index contributed by atoms with van der Waals surface area (Å²) >= 11 is 0. The lowest BCUT2D eigenvalue weighted by Gasteiger charge is -2.16. The van der Waals surface area contributed by atoms with Crippen molar-refractivity contribution in [1.82, 2.24) is 20.5 Å². The highest BCUT2D eigenvalue weighted by molar-refractivity contribution is 5.98. The molecule has 6 heteroatoms. The summed E-state index contributed by atoms with van der Waals surface area (Å²) in [6.45, 7) is 1.51. The number of nitrogens with zero attached hydrogens (tertiary/aromatic N) is 2. The van der Waals surface area contributed by atoms with E-state index < -0.39 is 0 Å². The number of hydrogen-bond donors (Lipinski definition) is 2. The van der Waals surface area contributed by atoms with E-state index in [9.17, 15) is 9.59 Å². The Kier molecular flexibility index (Phi) is 7.85. The van der Waals surface area contributed by atoms with Gasteiger partial charge in [0.1, 0.15) is 5.69 Å². The fraction of sp³-hybridized carbons (Fsp3) is 0.632. The smallest absolute Gasteiger partial charge is 0.269 e. The summed E-state index contributed by atoms with van der Waals surface area (Å²) in [7, 11) is 4.00. The molecule has 1 aromatic rings. The fourth-order valence-electron chi connectivity index (χ4n) is 3.08. The minimum absolute atomic E-state index is 0.115. The van der Waals surface area contributed by atoms with E-state index in [1.165, 1.54) is 31.9 Å². The Labute approximate surface area is 150 Å². The van der Waals surface area contributed by atoms with Gasteiger partial charge < -0.3 is 15.5 Å². The zero-order chi connectivity index (χ0) is 18.1. The van der Waals surface area contributed by atoms with Gasteiger partial charge in [0.15, 0.2) is 0 Å². The maximum absolute atomic E-state index is 12.5. The summed E-state index contributed by atoms with van der Waals surface area (Å²) in [6, 6.07) is 3.48. The molecular weight excluding hydrogens is 316 g/mol. The van der Waals surface area contributed by atoms with Crippen LogP contribution in [-0.4, -0.2) is 54.9 Å². The molecular formula is C19H30N4O2. The summed E-state index contributed by atoms with van der Waals surface area (Å²) in [5.74, 6) is -0.348. The highest BCUT2D eigenvalue weighted by Gasteiger charge is 2.17. The van der Waals surface area contributed by atoms with Gasteiger partial charge in [0, 0.05) is 24.3 Å². The third kappa shape index (κ3) is 6.82. The lowest BCUT2D eigenvalue weighted by atomic mass is 10.1. The predicted octanol–water partition coefficient (Wildman–Crippen LogP) is 2.22. The van der Waals surface area contributed by atoms with Gasteiger partial charge in [-0.2, -0.15) is 0 Å². The maximum Gasteiger partial charge on any atom is 0.269 e. The summed E-state index contributed by atoms with van der Waals surface area (Å²) in [6.07, 6.45) is 9.31. The number of carbonyl (C=O) groups excluding carboxylic acids is 2. The Bertz CT molecular complexity index is 566. The molecule has 1 aliphatic carbocycles. The van der Waals surface area contributed by atoms with Gasteiger partial charge in [-0.25, -0.2) is 0 Å². The Hall–Kier alpha value is -1.95. The number of rotatable bonds is 7. The molecule has 138 valence electrons. The summed E-state index contributed by atoms with van der Waals surface area (Å²) in [5.41, 5.74) is 0.788. The fourth-order valence-corrected chi connectivity index (χ4v) is 3.08. The first-order valence-electron chi connectivity index (χ1n) is 9.26. The number of nitrogens with one attached hydrogen (secondary N) is 2. The average molecular weight is 346 g/mol. The summed E-state index contributed by atoms with van der Waals surface area (Å²) < 4.78 is 0. The number of hydrogen-bond acceptors (Lipinski definition) is 4. The molecule has 0 spiro atoms. The van der Waals surface area contributed by atoms with E-state index in [2.05, 4.69) is 20.5 Å². The molecule has 0 aromatic carbocycles. The van der Waals surface area contributed by atoms with Crippen LogP contribution in [-0.2, 0) is 0 Å². The SMILES string of the molecule is CN(C)CCCNC(=O)c1cc(C(=O)NC2CCCCCC2)ccn1. The molecule has 25 heavy (non-hydrogen) atoms. The zero-order valence-electron chi connectivity index (χ0n) is 15.4. The van der Waals surface area contributed by atoms with Crippen LogP contribution in [0.15, 0.2) is 18.3 Å². The van der Waals surface area contributed by atoms with E-state index in [0.29, 0.717) is 17.8 Å². The van der Waals surface area contributed by atoms with Crippen molar-refractivity contribution in [2.24, 2.45) is 0 Å². The van der Waals surface area contributed by atoms with E-state index in [-0.39, 0.29) is 17.9 Å². The van der Waals surface area contributed by atoms with E-state index in [1.807, 2.05) is 14.1 Å². The molecule has 6 nitrogen and oxygen atoms in total. The molecule has 1 heterocycles. The molecule has 2 amide bonds. The van der Waals surface area contributed by atoms with Gasteiger partial charge in [0.05, 0.1) is 0 Å². The van der Waals surface area contributed by atoms with Gasteiger partial charge in [-0.05, 0) is 52.0 Å². The monoisotopic (exact) mass is 346 g/mol. The maximum atomic E-state index is 12.5. The first-order chi connectivity index (χ1) is 12.1. The molecule has 0 saturated heterocycles. The largest absolute Gasteiger partial charge is 0.351 e. The Balaban J connectivity index is 1.88. The van der Waals surface area contributed by atoms with Crippen LogP contribution in [0.5, 0.6) is 0 Å². The first kappa shape index (κ1) is 19.4. The normalized spacial score (nSPS) is 15.6. The van der Waals surface area contributed by atoms with E-state index in [1.54, 1.807) is 12.1 Å². The lowest BCUT2D eigenvalue weighted by Crippen LogP contribution is -2.34. The van der Waals surface area contributed by atoms with Crippen LogP contribution < -0.4 is 10.6 Å². The summed E-state index contributed by atoms with van der Waals surface area (Å²) in [5, 5.41) is 5.95. The summed E-state index contributed by atoms with van der Waals surface area (Å²) in [4.78, 5) is 30.8. The molecule has 0 atom stereocenters. The van der Waals surface area contributed by atoms with Crippen molar-refractivity contribution >= 4 is 11.8 Å². The van der Waals surface area contributed by atoms with Crippen molar-refractivity contribution in [2.45, 2.75) is 51.0 Å². The quantitative estimate of drug-likeness (QED) is 0.586. The Morgan fingerprint density at radius 3 is 2.56 bits per heavy atom. The minimum Gasteiger partial charge on any atom is -0.351 e. The molecule has 1 aliphatic rings. The molecule has 1 saturated carbocycles. The van der Waals surface area contributed by atoms with Gasteiger partial charge in [-0.3, -0.25) is 14.6 Å². The molecule has 0 unspecified atom stereocenters. The third-order valence-electron chi connectivity index (χ3n) is 4.51. The van der Waals surface area contributed by atoms with Crippen molar-refractivity contribution in [3.63, 3.8) is 0 Å². The molecule has 1 fully saturated rings. The first-order valence-corrected chi connectivity index (χ1v) is 9.26. The molecule has 0 radical (unpaired) electrons. The molecule has 0 bridgehead atoms. The van der Waals surface area contributed by atoms with Crippen LogP contribution in [0, 0.1) is 0 Å². The van der Waals surface area contributed by atoms with Gasteiger partial charge in [-0.15, -0.1) is 0 Å². The molecule has 0 aliphatic heterocycles. The van der Waals surface area contributed by atoms with Crippen LogP contribution in [0.3, 0.4) is 0 Å².